The van der Waals surface area contributed by atoms with Crippen LogP contribution in [0.3, 0.4) is 0 Å². The molecule has 0 fully saturated rings. The maximum Gasteiger partial charge on any atom is 0.257 e. The van der Waals surface area contributed by atoms with Crippen LogP contribution >= 0.6 is 0 Å². The van der Waals surface area contributed by atoms with Crippen LogP contribution in [0.25, 0.3) is 0 Å². The number of hydrogen-bond acceptors (Lipinski definition) is 5. The van der Waals surface area contributed by atoms with Crippen LogP contribution in [0.2, 0.25) is 0 Å². The van der Waals surface area contributed by atoms with Gasteiger partial charge in [0.2, 0.25) is 6.79 Å². The monoisotopic (exact) mass is 280 g/mol. The Morgan fingerprint density at radius 2 is 2.15 bits per heavy atom. The summed E-state index contributed by atoms with van der Waals surface area (Å²) >= 11 is 0. The molecule has 2 rings (SSSR count). The quantitative estimate of drug-likeness (QED) is 0.806. The van der Waals surface area contributed by atoms with Crippen LogP contribution in [0.15, 0.2) is 12.1 Å². The van der Waals surface area contributed by atoms with E-state index in [-0.39, 0.29) is 25.3 Å². The van der Waals surface area contributed by atoms with E-state index >= 15 is 0 Å². The summed E-state index contributed by atoms with van der Waals surface area (Å²) in [5.41, 5.74) is 6.75. The number of benzene rings is 1. The minimum Gasteiger partial charge on any atom is -0.483 e. The Bertz CT molecular complexity index is 488. The van der Waals surface area contributed by atoms with Gasteiger partial charge in [-0.3, -0.25) is 4.79 Å². The van der Waals surface area contributed by atoms with Gasteiger partial charge in [-0.15, -0.1) is 0 Å². The minimum atomic E-state index is -0.156. The molecule has 3 N–H and O–H groups in total. The maximum absolute atomic E-state index is 11.5. The summed E-state index contributed by atoms with van der Waals surface area (Å²) in [6.45, 7) is 4.53. The summed E-state index contributed by atoms with van der Waals surface area (Å²) < 4.78 is 16.2. The largest absolute Gasteiger partial charge is 0.483 e. The molecule has 0 aliphatic carbocycles. The standard InChI is InChI=1S/C14H20N2O4/c1-3-16-14(17)7-18-11-6-13-12(19-8-20-13)5-10(11)4-9(2)15/h5-6,9H,3-4,7-8,15H2,1-2H3,(H,16,17). The molecule has 0 saturated heterocycles. The van der Waals surface area contributed by atoms with E-state index in [0.717, 1.165) is 5.56 Å². The van der Waals surface area contributed by atoms with Gasteiger partial charge < -0.3 is 25.3 Å². The predicted molar refractivity (Wildman–Crippen MR) is 74.1 cm³/mol. The van der Waals surface area contributed by atoms with Crippen molar-refractivity contribution in [2.75, 3.05) is 19.9 Å². The zero-order valence-electron chi connectivity index (χ0n) is 11.8. The van der Waals surface area contributed by atoms with Crippen LogP contribution in [0.4, 0.5) is 0 Å². The van der Waals surface area contributed by atoms with Crippen LogP contribution in [0.1, 0.15) is 19.4 Å². The second-order valence-electron chi connectivity index (χ2n) is 4.74. The second kappa shape index (κ2) is 6.47. The zero-order chi connectivity index (χ0) is 14.5. The summed E-state index contributed by atoms with van der Waals surface area (Å²) in [4.78, 5) is 11.5. The SMILES string of the molecule is CCNC(=O)COc1cc2c(cc1CC(C)N)OCO2. The van der Waals surface area contributed by atoms with Crippen molar-refractivity contribution >= 4 is 5.91 Å². The molecule has 1 aromatic rings. The molecule has 1 aliphatic heterocycles. The molecule has 0 saturated carbocycles. The number of ether oxygens (including phenoxy) is 3. The third-order valence-electron chi connectivity index (χ3n) is 2.83. The van der Waals surface area contributed by atoms with Gasteiger partial charge in [0.25, 0.3) is 5.91 Å². The van der Waals surface area contributed by atoms with Gasteiger partial charge in [-0.2, -0.15) is 0 Å². The van der Waals surface area contributed by atoms with E-state index in [9.17, 15) is 4.79 Å². The highest BCUT2D eigenvalue weighted by atomic mass is 16.7. The van der Waals surface area contributed by atoms with Crippen LogP contribution in [-0.2, 0) is 11.2 Å². The number of hydrogen-bond donors (Lipinski definition) is 2. The first kappa shape index (κ1) is 14.5. The lowest BCUT2D eigenvalue weighted by atomic mass is 10.1. The van der Waals surface area contributed by atoms with Gasteiger partial charge in [0.05, 0.1) is 0 Å². The summed E-state index contributed by atoms with van der Waals surface area (Å²) in [6.07, 6.45) is 0.640. The molecule has 0 aromatic heterocycles. The van der Waals surface area contributed by atoms with Gasteiger partial charge >= 0.3 is 0 Å². The fourth-order valence-corrected chi connectivity index (χ4v) is 2.00. The van der Waals surface area contributed by atoms with Crippen molar-refractivity contribution in [1.29, 1.82) is 0 Å². The fourth-order valence-electron chi connectivity index (χ4n) is 2.00. The Kier molecular flexibility index (Phi) is 4.68. The summed E-state index contributed by atoms with van der Waals surface area (Å²) in [5.74, 6) is 1.77. The second-order valence-corrected chi connectivity index (χ2v) is 4.74. The molecular formula is C14H20N2O4. The van der Waals surface area contributed by atoms with Crippen LogP contribution in [0, 0.1) is 0 Å². The summed E-state index contributed by atoms with van der Waals surface area (Å²) in [6, 6.07) is 3.60. The highest BCUT2D eigenvalue weighted by Gasteiger charge is 2.19. The molecule has 1 heterocycles. The third kappa shape index (κ3) is 3.54. The third-order valence-corrected chi connectivity index (χ3v) is 2.83. The van der Waals surface area contributed by atoms with Crippen molar-refractivity contribution in [3.63, 3.8) is 0 Å². The molecule has 110 valence electrons. The number of nitrogens with two attached hydrogens (primary N) is 1. The lowest BCUT2D eigenvalue weighted by Gasteiger charge is -2.14. The topological polar surface area (TPSA) is 82.8 Å². The van der Waals surface area contributed by atoms with Gasteiger partial charge in [-0.1, -0.05) is 0 Å². The Labute approximate surface area is 118 Å². The van der Waals surface area contributed by atoms with Gasteiger partial charge in [0.1, 0.15) is 5.75 Å². The van der Waals surface area contributed by atoms with E-state index in [1.807, 2.05) is 19.9 Å². The molecule has 6 heteroatoms. The van der Waals surface area contributed by atoms with Crippen molar-refractivity contribution in [3.05, 3.63) is 17.7 Å². The lowest BCUT2D eigenvalue weighted by molar-refractivity contribution is -0.122. The average Bonchev–Trinajstić information content (AvgIpc) is 2.82. The predicted octanol–water partition coefficient (Wildman–Crippen LogP) is 0.820. The van der Waals surface area contributed by atoms with Crippen molar-refractivity contribution in [2.45, 2.75) is 26.3 Å². The number of rotatable bonds is 6. The van der Waals surface area contributed by atoms with Crippen LogP contribution in [0.5, 0.6) is 17.2 Å². The number of amides is 1. The minimum absolute atomic E-state index is 0.0119. The smallest absolute Gasteiger partial charge is 0.257 e. The molecule has 1 aliphatic rings. The zero-order valence-corrected chi connectivity index (χ0v) is 11.8. The maximum atomic E-state index is 11.5. The van der Waals surface area contributed by atoms with Gasteiger partial charge in [-0.05, 0) is 31.9 Å². The number of carbonyl (C=O) groups excluding carboxylic acids is 1. The van der Waals surface area contributed by atoms with Crippen LogP contribution < -0.4 is 25.3 Å². The van der Waals surface area contributed by atoms with Gasteiger partial charge in [-0.25, -0.2) is 0 Å². The van der Waals surface area contributed by atoms with E-state index < -0.39 is 0 Å². The van der Waals surface area contributed by atoms with Crippen molar-refractivity contribution in [3.8, 4) is 17.2 Å². The van der Waals surface area contributed by atoms with E-state index in [1.54, 1.807) is 6.07 Å². The molecule has 1 unspecified atom stereocenters. The normalized spacial score (nSPS) is 13.9. The lowest BCUT2D eigenvalue weighted by Crippen LogP contribution is -2.28. The number of nitrogens with one attached hydrogen (secondary N) is 1. The molecular weight excluding hydrogens is 260 g/mol. The highest BCUT2D eigenvalue weighted by molar-refractivity contribution is 5.77. The molecule has 1 atom stereocenters. The molecule has 6 nitrogen and oxygen atoms in total. The summed E-state index contributed by atoms with van der Waals surface area (Å²) in [5, 5.41) is 2.68. The average molecular weight is 280 g/mol. The van der Waals surface area contributed by atoms with E-state index in [2.05, 4.69) is 5.32 Å². The first-order valence-corrected chi connectivity index (χ1v) is 6.67. The van der Waals surface area contributed by atoms with Crippen molar-refractivity contribution < 1.29 is 19.0 Å². The summed E-state index contributed by atoms with van der Waals surface area (Å²) in [7, 11) is 0. The van der Waals surface area contributed by atoms with Gasteiger partial charge in [0.15, 0.2) is 18.1 Å². The molecule has 20 heavy (non-hydrogen) atoms. The van der Waals surface area contributed by atoms with Gasteiger partial charge in [0, 0.05) is 18.7 Å². The number of fused-ring (bicyclic) bond motifs is 1. The van der Waals surface area contributed by atoms with Crippen molar-refractivity contribution in [2.24, 2.45) is 5.73 Å². The number of carbonyl (C=O) groups is 1. The Balaban J connectivity index is 2.14. The van der Waals surface area contributed by atoms with Crippen LogP contribution in [-0.4, -0.2) is 31.9 Å². The van der Waals surface area contributed by atoms with Crippen molar-refractivity contribution in [1.82, 2.24) is 5.32 Å². The number of likely N-dealkylation sites (N-methyl/N-ethyl adjacent to an activating group) is 1. The molecule has 0 bridgehead atoms. The first-order valence-electron chi connectivity index (χ1n) is 6.67. The van der Waals surface area contributed by atoms with E-state index in [4.69, 9.17) is 19.9 Å². The van der Waals surface area contributed by atoms with E-state index in [0.29, 0.717) is 30.2 Å². The molecule has 1 aromatic carbocycles. The fraction of sp³-hybridized carbons (Fsp3) is 0.500. The molecule has 0 spiro atoms. The molecule has 1 amide bonds. The Morgan fingerprint density at radius 1 is 1.45 bits per heavy atom. The first-order chi connectivity index (χ1) is 9.60. The Morgan fingerprint density at radius 3 is 2.80 bits per heavy atom. The molecule has 0 radical (unpaired) electrons. The Hall–Kier alpha value is -1.95. The highest BCUT2D eigenvalue weighted by Crippen LogP contribution is 2.38. The van der Waals surface area contributed by atoms with E-state index in [1.165, 1.54) is 0 Å².